The first kappa shape index (κ1) is 21.7. The van der Waals surface area contributed by atoms with Crippen LogP contribution in [0.5, 0.6) is 0 Å². The van der Waals surface area contributed by atoms with Crippen molar-refractivity contribution in [2.75, 3.05) is 6.73 Å². The Kier molecular flexibility index (Phi) is 5.54. The van der Waals surface area contributed by atoms with Crippen molar-refractivity contribution in [3.8, 4) is 11.3 Å². The lowest BCUT2D eigenvalue weighted by molar-refractivity contribution is -0.168. The van der Waals surface area contributed by atoms with E-state index in [1.165, 1.54) is 4.90 Å². The maximum absolute atomic E-state index is 13.1. The van der Waals surface area contributed by atoms with E-state index in [9.17, 15) is 19.2 Å². The van der Waals surface area contributed by atoms with E-state index in [4.69, 9.17) is 4.74 Å². The summed E-state index contributed by atoms with van der Waals surface area (Å²) >= 11 is 0. The average Bonchev–Trinajstić information content (AvgIpc) is 3.09. The fraction of sp³-hybridized carbons (Fsp3) is 0.375. The normalized spacial score (nSPS) is 18.7. The molecule has 1 fully saturated rings. The number of amides is 3. The van der Waals surface area contributed by atoms with Gasteiger partial charge in [0, 0.05) is 30.3 Å². The summed E-state index contributed by atoms with van der Waals surface area (Å²) in [7, 11) is 0. The number of esters is 1. The molecular weight excluding hydrogens is 410 g/mol. The number of pyridine rings is 1. The van der Waals surface area contributed by atoms with Crippen molar-refractivity contribution in [3.05, 3.63) is 53.7 Å². The molecule has 8 nitrogen and oxygen atoms in total. The quantitative estimate of drug-likeness (QED) is 0.541. The fourth-order valence-corrected chi connectivity index (χ4v) is 3.87. The zero-order chi connectivity index (χ0) is 23.0. The van der Waals surface area contributed by atoms with E-state index < -0.39 is 36.0 Å². The molecule has 3 amide bonds. The lowest BCUT2D eigenvalue weighted by atomic mass is 9.97. The van der Waals surface area contributed by atoms with Gasteiger partial charge in [0.15, 0.2) is 6.73 Å². The third-order valence-electron chi connectivity index (χ3n) is 5.69. The number of piperidine rings is 1. The smallest absolute Gasteiger partial charge is 0.312 e. The van der Waals surface area contributed by atoms with Gasteiger partial charge >= 0.3 is 5.97 Å². The number of aromatic nitrogens is 1. The van der Waals surface area contributed by atoms with Gasteiger partial charge in [0.25, 0.3) is 11.8 Å². The summed E-state index contributed by atoms with van der Waals surface area (Å²) in [6.07, 6.45) is 2.05. The monoisotopic (exact) mass is 435 g/mol. The number of imide groups is 1. The van der Waals surface area contributed by atoms with Gasteiger partial charge in [-0.15, -0.1) is 0 Å². The number of carbonyl (C=O) groups is 4. The predicted octanol–water partition coefficient (Wildman–Crippen LogP) is 2.77. The summed E-state index contributed by atoms with van der Waals surface area (Å²) in [6, 6.07) is 10.4. The molecule has 0 radical (unpaired) electrons. The van der Waals surface area contributed by atoms with E-state index in [1.807, 2.05) is 30.3 Å². The lowest BCUT2D eigenvalue weighted by Gasteiger charge is -2.35. The van der Waals surface area contributed by atoms with Crippen molar-refractivity contribution >= 4 is 23.7 Å². The number of hydrogen-bond acceptors (Lipinski definition) is 6. The van der Waals surface area contributed by atoms with Crippen LogP contribution in [0.1, 0.15) is 49.5 Å². The molecule has 1 saturated heterocycles. The van der Waals surface area contributed by atoms with E-state index in [-0.39, 0.29) is 25.3 Å². The second-order valence-electron chi connectivity index (χ2n) is 9.05. The second kappa shape index (κ2) is 8.18. The van der Waals surface area contributed by atoms with Crippen LogP contribution in [0.4, 0.5) is 0 Å². The van der Waals surface area contributed by atoms with Gasteiger partial charge in [-0.2, -0.15) is 0 Å². The molecule has 0 bridgehead atoms. The maximum atomic E-state index is 13.1. The van der Waals surface area contributed by atoms with Gasteiger partial charge in [-0.25, -0.2) is 4.90 Å². The van der Waals surface area contributed by atoms with Crippen LogP contribution in [-0.4, -0.2) is 51.2 Å². The standard InChI is InChI=1S/C24H25N3O5/c1-24(2,3)23(31)32-14-27-20(28)10-9-19(22(27)30)26-13-16-12-15(7-8-17(16)21(26)29)18-6-4-5-11-25-18/h4-8,11-12,19H,9-10,13-14H2,1-3H3. The van der Waals surface area contributed by atoms with Gasteiger partial charge in [-0.05, 0) is 57.0 Å². The topological polar surface area (TPSA) is 96.9 Å². The highest BCUT2D eigenvalue weighted by molar-refractivity contribution is 6.05. The molecule has 0 spiro atoms. The summed E-state index contributed by atoms with van der Waals surface area (Å²) in [6.45, 7) is 4.91. The van der Waals surface area contributed by atoms with Crippen molar-refractivity contribution in [2.24, 2.45) is 5.41 Å². The number of hydrogen-bond donors (Lipinski definition) is 0. The summed E-state index contributed by atoms with van der Waals surface area (Å²) < 4.78 is 5.19. The molecule has 3 heterocycles. The van der Waals surface area contributed by atoms with E-state index in [0.29, 0.717) is 5.56 Å². The van der Waals surface area contributed by atoms with Crippen molar-refractivity contribution in [1.29, 1.82) is 0 Å². The first-order valence-corrected chi connectivity index (χ1v) is 10.5. The van der Waals surface area contributed by atoms with Crippen molar-refractivity contribution in [3.63, 3.8) is 0 Å². The Morgan fingerprint density at radius 1 is 1.16 bits per heavy atom. The molecule has 1 unspecified atom stereocenters. The first-order valence-electron chi connectivity index (χ1n) is 10.5. The molecule has 0 aliphatic carbocycles. The molecule has 2 aliphatic rings. The van der Waals surface area contributed by atoms with Crippen molar-refractivity contribution in [1.82, 2.24) is 14.8 Å². The highest BCUT2D eigenvalue weighted by atomic mass is 16.5. The minimum absolute atomic E-state index is 0.1000. The van der Waals surface area contributed by atoms with Gasteiger partial charge in [0.1, 0.15) is 6.04 Å². The summed E-state index contributed by atoms with van der Waals surface area (Å²) in [5, 5.41) is 0. The number of likely N-dealkylation sites (tertiary alicyclic amines) is 1. The Hall–Kier alpha value is -3.55. The van der Waals surface area contributed by atoms with Crippen LogP contribution in [0, 0.1) is 5.41 Å². The molecule has 1 atom stereocenters. The molecular formula is C24H25N3O5. The van der Waals surface area contributed by atoms with E-state index in [0.717, 1.165) is 21.7 Å². The van der Waals surface area contributed by atoms with Gasteiger partial charge in [0.05, 0.1) is 11.1 Å². The summed E-state index contributed by atoms with van der Waals surface area (Å²) in [5.41, 5.74) is 2.29. The number of ether oxygens (including phenoxy) is 1. The van der Waals surface area contributed by atoms with E-state index >= 15 is 0 Å². The second-order valence-corrected chi connectivity index (χ2v) is 9.05. The molecule has 1 aromatic carbocycles. The Labute approximate surface area is 186 Å². The molecule has 4 rings (SSSR count). The number of nitrogens with zero attached hydrogens (tertiary/aromatic N) is 3. The van der Waals surface area contributed by atoms with Crippen LogP contribution < -0.4 is 0 Å². The molecule has 0 N–H and O–H groups in total. The number of benzene rings is 1. The molecule has 1 aromatic heterocycles. The molecule has 8 heteroatoms. The Bertz CT molecular complexity index is 1090. The zero-order valence-electron chi connectivity index (χ0n) is 18.3. The molecule has 0 saturated carbocycles. The van der Waals surface area contributed by atoms with Crippen LogP contribution in [-0.2, 0) is 25.7 Å². The highest BCUT2D eigenvalue weighted by Gasteiger charge is 2.43. The van der Waals surface area contributed by atoms with Crippen molar-refractivity contribution in [2.45, 2.75) is 46.2 Å². The lowest BCUT2D eigenvalue weighted by Crippen LogP contribution is -2.55. The Morgan fingerprint density at radius 3 is 2.62 bits per heavy atom. The van der Waals surface area contributed by atoms with Gasteiger partial charge in [-0.3, -0.25) is 24.2 Å². The first-order chi connectivity index (χ1) is 15.2. The SMILES string of the molecule is CC(C)(C)C(=O)OCN1C(=O)CCC(N2Cc3cc(-c4ccccn4)ccc3C2=O)C1=O. The Morgan fingerprint density at radius 2 is 1.94 bits per heavy atom. The largest absolute Gasteiger partial charge is 0.443 e. The molecule has 2 aliphatic heterocycles. The number of rotatable bonds is 4. The van der Waals surface area contributed by atoms with Crippen LogP contribution in [0.15, 0.2) is 42.6 Å². The maximum Gasteiger partial charge on any atom is 0.312 e. The van der Waals surface area contributed by atoms with E-state index in [1.54, 1.807) is 33.0 Å². The van der Waals surface area contributed by atoms with Gasteiger partial charge < -0.3 is 9.64 Å². The summed E-state index contributed by atoms with van der Waals surface area (Å²) in [5.74, 6) is -1.68. The molecule has 32 heavy (non-hydrogen) atoms. The zero-order valence-corrected chi connectivity index (χ0v) is 18.3. The van der Waals surface area contributed by atoms with Crippen LogP contribution >= 0.6 is 0 Å². The summed E-state index contributed by atoms with van der Waals surface area (Å²) in [4.78, 5) is 57.3. The highest BCUT2D eigenvalue weighted by Crippen LogP contribution is 2.31. The van der Waals surface area contributed by atoms with E-state index in [2.05, 4.69) is 4.98 Å². The Balaban J connectivity index is 1.51. The minimum Gasteiger partial charge on any atom is -0.443 e. The van der Waals surface area contributed by atoms with Crippen LogP contribution in [0.3, 0.4) is 0 Å². The minimum atomic E-state index is -0.778. The molecule has 2 aromatic rings. The van der Waals surface area contributed by atoms with Crippen LogP contribution in [0.25, 0.3) is 11.3 Å². The number of carbonyl (C=O) groups excluding carboxylic acids is 4. The van der Waals surface area contributed by atoms with Gasteiger partial charge in [0.2, 0.25) is 5.91 Å². The predicted molar refractivity (Wildman–Crippen MR) is 115 cm³/mol. The number of fused-ring (bicyclic) bond motifs is 1. The van der Waals surface area contributed by atoms with Crippen molar-refractivity contribution < 1.29 is 23.9 Å². The third kappa shape index (κ3) is 4.00. The molecule has 166 valence electrons. The third-order valence-corrected chi connectivity index (χ3v) is 5.69. The fourth-order valence-electron chi connectivity index (χ4n) is 3.87. The van der Waals surface area contributed by atoms with Gasteiger partial charge in [-0.1, -0.05) is 12.1 Å². The van der Waals surface area contributed by atoms with Crippen LogP contribution in [0.2, 0.25) is 0 Å². The average molecular weight is 435 g/mol.